The monoisotopic (exact) mass is 359 g/mol. The summed E-state index contributed by atoms with van der Waals surface area (Å²) in [5.41, 5.74) is 7.94. The summed E-state index contributed by atoms with van der Waals surface area (Å²) in [6.45, 7) is 15.7. The highest BCUT2D eigenvalue weighted by Gasteiger charge is 2.13. The Morgan fingerprint density at radius 2 is 1.96 bits per heavy atom. The van der Waals surface area contributed by atoms with Gasteiger partial charge in [0, 0.05) is 24.4 Å². The van der Waals surface area contributed by atoms with Crippen LogP contribution in [-0.4, -0.2) is 4.57 Å². The predicted octanol–water partition coefficient (Wildman–Crippen LogP) is 7.45. The molecule has 0 saturated carbocycles. The Bertz CT molecular complexity index is 858. The molecule has 0 aliphatic heterocycles. The van der Waals surface area contributed by atoms with Crippen molar-refractivity contribution < 1.29 is 0 Å². The third kappa shape index (κ3) is 5.47. The normalized spacial score (nSPS) is 14.0. The van der Waals surface area contributed by atoms with Crippen LogP contribution in [0, 0.1) is 6.92 Å². The third-order valence-corrected chi connectivity index (χ3v) is 5.17. The molecule has 0 aliphatic carbocycles. The first-order chi connectivity index (χ1) is 13.0. The molecule has 27 heavy (non-hydrogen) atoms. The number of benzene rings is 1. The van der Waals surface area contributed by atoms with Crippen LogP contribution in [0.25, 0.3) is 5.57 Å². The zero-order valence-corrected chi connectivity index (χ0v) is 17.5. The molecule has 0 aliphatic rings. The first kappa shape index (κ1) is 20.8. The molecule has 0 saturated heterocycles. The molecular weight excluding hydrogens is 326 g/mol. The highest BCUT2D eigenvalue weighted by Crippen LogP contribution is 2.28. The number of nitrogens with zero attached hydrogens (tertiary/aromatic N) is 1. The van der Waals surface area contributed by atoms with Crippen LogP contribution < -0.4 is 0 Å². The number of rotatable bonds is 8. The van der Waals surface area contributed by atoms with Gasteiger partial charge in [0.1, 0.15) is 0 Å². The maximum absolute atomic E-state index is 3.77. The van der Waals surface area contributed by atoms with Crippen LogP contribution in [0.5, 0.6) is 0 Å². The molecule has 2 rings (SSSR count). The predicted molar refractivity (Wildman–Crippen MR) is 120 cm³/mol. The first-order valence-corrected chi connectivity index (χ1v) is 9.86. The summed E-state index contributed by atoms with van der Waals surface area (Å²) in [7, 11) is 0. The Balaban J connectivity index is 2.48. The molecule has 1 aromatic heterocycles. The second-order valence-electron chi connectivity index (χ2n) is 7.24. The van der Waals surface area contributed by atoms with E-state index in [4.69, 9.17) is 0 Å². The van der Waals surface area contributed by atoms with E-state index in [-0.39, 0.29) is 0 Å². The Morgan fingerprint density at radius 1 is 1.22 bits per heavy atom. The Kier molecular flexibility index (Phi) is 7.67. The van der Waals surface area contributed by atoms with Crippen molar-refractivity contribution in [3.8, 4) is 0 Å². The van der Waals surface area contributed by atoms with E-state index in [1.54, 1.807) is 0 Å². The van der Waals surface area contributed by atoms with Gasteiger partial charge in [0.2, 0.25) is 0 Å². The van der Waals surface area contributed by atoms with Crippen molar-refractivity contribution in [2.24, 2.45) is 0 Å². The number of aryl methyl sites for hydroxylation is 1. The minimum absolute atomic E-state index is 0.388. The minimum Gasteiger partial charge on any atom is -0.346 e. The molecule has 1 atom stereocenters. The van der Waals surface area contributed by atoms with E-state index in [9.17, 15) is 0 Å². The van der Waals surface area contributed by atoms with Crippen molar-refractivity contribution >= 4 is 5.57 Å². The lowest BCUT2D eigenvalue weighted by Crippen LogP contribution is -2.06. The Labute approximate surface area is 165 Å². The topological polar surface area (TPSA) is 4.93 Å². The van der Waals surface area contributed by atoms with Gasteiger partial charge >= 0.3 is 0 Å². The molecule has 142 valence electrons. The number of allylic oxidation sites excluding steroid dienone is 7. The molecule has 0 radical (unpaired) electrons. The lowest BCUT2D eigenvalue weighted by atomic mass is 10.0. The zero-order chi connectivity index (χ0) is 19.8. The summed E-state index contributed by atoms with van der Waals surface area (Å²) in [6.07, 6.45) is 13.9. The smallest absolute Gasteiger partial charge is 0.0475 e. The van der Waals surface area contributed by atoms with E-state index in [0.29, 0.717) is 5.92 Å². The molecule has 2 aromatic rings. The van der Waals surface area contributed by atoms with Crippen LogP contribution in [0.15, 0.2) is 79.1 Å². The molecule has 1 heterocycles. The molecular formula is C26H33N. The molecule has 1 heteroatoms. The summed E-state index contributed by atoms with van der Waals surface area (Å²) >= 11 is 0. The molecule has 0 fully saturated rings. The highest BCUT2D eigenvalue weighted by molar-refractivity contribution is 5.69. The van der Waals surface area contributed by atoms with Gasteiger partial charge in [0.05, 0.1) is 0 Å². The maximum Gasteiger partial charge on any atom is 0.0475 e. The molecule has 0 N–H and O–H groups in total. The fraction of sp³-hybridized carbons (Fsp3) is 0.308. The van der Waals surface area contributed by atoms with Crippen molar-refractivity contribution in [3.05, 3.63) is 101 Å². The molecule has 0 bridgehead atoms. The quantitative estimate of drug-likeness (QED) is 0.341. The van der Waals surface area contributed by atoms with Gasteiger partial charge in [-0.05, 0) is 61.1 Å². The zero-order valence-electron chi connectivity index (χ0n) is 17.5. The summed E-state index contributed by atoms with van der Waals surface area (Å²) < 4.78 is 2.41. The third-order valence-electron chi connectivity index (χ3n) is 5.17. The van der Waals surface area contributed by atoms with Crippen LogP contribution in [0.4, 0.5) is 0 Å². The van der Waals surface area contributed by atoms with Gasteiger partial charge in [-0.2, -0.15) is 0 Å². The van der Waals surface area contributed by atoms with E-state index in [0.717, 1.165) is 13.0 Å². The molecule has 0 amide bonds. The van der Waals surface area contributed by atoms with Gasteiger partial charge in [0.15, 0.2) is 0 Å². The van der Waals surface area contributed by atoms with Crippen LogP contribution in [0.2, 0.25) is 0 Å². The number of hydrogen-bond acceptors (Lipinski definition) is 0. The average molecular weight is 360 g/mol. The molecule has 0 spiro atoms. The van der Waals surface area contributed by atoms with Crippen LogP contribution in [0.1, 0.15) is 62.4 Å². The van der Waals surface area contributed by atoms with Crippen LogP contribution in [-0.2, 0) is 6.54 Å². The van der Waals surface area contributed by atoms with Crippen molar-refractivity contribution in [2.75, 3.05) is 0 Å². The fourth-order valence-electron chi connectivity index (χ4n) is 3.23. The Hall–Kier alpha value is -2.54. The SMILES string of the molecule is C=C/C=C\C(C)=C(/C)c1cc(C(C)/C=C\CC)n(Cc2ccccc2C)c1. The second kappa shape index (κ2) is 9.97. The van der Waals surface area contributed by atoms with Gasteiger partial charge < -0.3 is 4.57 Å². The van der Waals surface area contributed by atoms with Gasteiger partial charge in [-0.1, -0.05) is 75.1 Å². The Morgan fingerprint density at radius 3 is 2.63 bits per heavy atom. The first-order valence-electron chi connectivity index (χ1n) is 9.86. The van der Waals surface area contributed by atoms with E-state index >= 15 is 0 Å². The van der Waals surface area contributed by atoms with Crippen molar-refractivity contribution in [1.82, 2.24) is 4.57 Å². The van der Waals surface area contributed by atoms with Crippen molar-refractivity contribution in [3.63, 3.8) is 0 Å². The standard InChI is InChI=1S/C26H33N/c1-7-9-13-20(3)23(6)25-17-26(22(5)14-10-8-2)27(19-25)18-24-16-12-11-15-21(24)4/h7,9-17,19,22H,1,8,18H2,2-6H3/b13-9-,14-10-,23-20+. The van der Waals surface area contributed by atoms with Crippen molar-refractivity contribution in [1.29, 1.82) is 0 Å². The largest absolute Gasteiger partial charge is 0.346 e. The molecule has 1 unspecified atom stereocenters. The number of hydrogen-bond donors (Lipinski definition) is 0. The summed E-state index contributed by atoms with van der Waals surface area (Å²) in [5.74, 6) is 0.388. The summed E-state index contributed by atoms with van der Waals surface area (Å²) in [6, 6.07) is 11.0. The second-order valence-corrected chi connectivity index (χ2v) is 7.24. The van der Waals surface area contributed by atoms with Crippen LogP contribution >= 0.6 is 0 Å². The van der Waals surface area contributed by atoms with E-state index < -0.39 is 0 Å². The molecule has 1 nitrogen and oxygen atoms in total. The molecule has 1 aromatic carbocycles. The number of aromatic nitrogens is 1. The fourth-order valence-corrected chi connectivity index (χ4v) is 3.23. The van der Waals surface area contributed by atoms with Gasteiger partial charge in [-0.25, -0.2) is 0 Å². The van der Waals surface area contributed by atoms with E-state index in [2.05, 4.69) is 101 Å². The van der Waals surface area contributed by atoms with Crippen molar-refractivity contribution in [2.45, 2.75) is 53.5 Å². The lowest BCUT2D eigenvalue weighted by Gasteiger charge is -2.14. The average Bonchev–Trinajstić information content (AvgIpc) is 3.09. The van der Waals surface area contributed by atoms with E-state index in [1.165, 1.54) is 33.5 Å². The van der Waals surface area contributed by atoms with E-state index in [1.807, 2.05) is 12.2 Å². The van der Waals surface area contributed by atoms with Gasteiger partial charge in [0.25, 0.3) is 0 Å². The lowest BCUT2D eigenvalue weighted by molar-refractivity contribution is 0.717. The van der Waals surface area contributed by atoms with Gasteiger partial charge in [-0.3, -0.25) is 0 Å². The summed E-state index contributed by atoms with van der Waals surface area (Å²) in [4.78, 5) is 0. The highest BCUT2D eigenvalue weighted by atomic mass is 15.0. The van der Waals surface area contributed by atoms with Gasteiger partial charge in [-0.15, -0.1) is 0 Å². The maximum atomic E-state index is 3.77. The van der Waals surface area contributed by atoms with Crippen LogP contribution in [0.3, 0.4) is 0 Å². The summed E-state index contributed by atoms with van der Waals surface area (Å²) in [5, 5.41) is 0. The minimum atomic E-state index is 0.388.